The summed E-state index contributed by atoms with van der Waals surface area (Å²) < 4.78 is 0. The fraction of sp³-hybridized carbons (Fsp3) is 0.0714. The molecule has 148 valence electrons. The maximum absolute atomic E-state index is 3.67. The van der Waals surface area contributed by atoms with Crippen LogP contribution < -0.4 is 10.6 Å². The molecule has 0 heterocycles. The highest BCUT2D eigenvalue weighted by molar-refractivity contribution is 5.99. The van der Waals surface area contributed by atoms with Gasteiger partial charge in [0.15, 0.2) is 0 Å². The average molecular weight is 391 g/mol. The van der Waals surface area contributed by atoms with Gasteiger partial charge in [0.2, 0.25) is 0 Å². The van der Waals surface area contributed by atoms with Crippen LogP contribution in [0.5, 0.6) is 0 Å². The van der Waals surface area contributed by atoms with Gasteiger partial charge in [0, 0.05) is 22.5 Å². The zero-order valence-corrected chi connectivity index (χ0v) is 17.4. The fourth-order valence-corrected chi connectivity index (χ4v) is 3.33. The van der Waals surface area contributed by atoms with Crippen LogP contribution in [0.3, 0.4) is 0 Å². The zero-order chi connectivity index (χ0) is 20.8. The second kappa shape index (κ2) is 9.15. The first kappa shape index (κ1) is 19.5. The van der Waals surface area contributed by atoms with E-state index < -0.39 is 0 Å². The molecule has 0 atom stereocenters. The molecule has 2 N–H and O–H groups in total. The van der Waals surface area contributed by atoms with Crippen molar-refractivity contribution in [2.75, 3.05) is 10.6 Å². The van der Waals surface area contributed by atoms with Crippen LogP contribution in [-0.4, -0.2) is 0 Å². The van der Waals surface area contributed by atoms with E-state index in [1.165, 1.54) is 11.1 Å². The number of nitrogens with one attached hydrogen (secondary N) is 2. The molecule has 0 bridgehead atoms. The maximum Gasteiger partial charge on any atom is 0.0703 e. The van der Waals surface area contributed by atoms with E-state index in [0.717, 1.165) is 33.9 Å². The van der Waals surface area contributed by atoms with Crippen molar-refractivity contribution >= 4 is 22.8 Å². The van der Waals surface area contributed by atoms with E-state index in [9.17, 15) is 0 Å². The second-order valence-electron chi connectivity index (χ2n) is 7.46. The van der Waals surface area contributed by atoms with Gasteiger partial charge in [-0.3, -0.25) is 0 Å². The van der Waals surface area contributed by atoms with E-state index >= 15 is 0 Å². The predicted octanol–water partition coefficient (Wildman–Crippen LogP) is 7.35. The Morgan fingerprint density at radius 3 is 1.10 bits per heavy atom. The molecule has 0 aliphatic heterocycles. The van der Waals surface area contributed by atoms with Gasteiger partial charge in [-0.2, -0.15) is 0 Å². The molecule has 0 fully saturated rings. The Balaban J connectivity index is 1.90. The number of hydrogen-bond acceptors (Lipinski definition) is 2. The second-order valence-corrected chi connectivity index (χ2v) is 7.46. The summed E-state index contributed by atoms with van der Waals surface area (Å²) in [5.41, 5.74) is 8.91. The van der Waals surface area contributed by atoms with E-state index in [0.29, 0.717) is 0 Å². The van der Waals surface area contributed by atoms with Gasteiger partial charge in [-0.05, 0) is 38.1 Å². The van der Waals surface area contributed by atoms with Gasteiger partial charge in [-0.25, -0.2) is 0 Å². The van der Waals surface area contributed by atoms with Crippen LogP contribution in [0.15, 0.2) is 109 Å². The lowest BCUT2D eigenvalue weighted by Crippen LogP contribution is -2.09. The molecule has 0 radical (unpaired) electrons. The summed E-state index contributed by atoms with van der Waals surface area (Å²) in [7, 11) is 0. The molecule has 0 aromatic heterocycles. The highest BCUT2D eigenvalue weighted by atomic mass is 15.0. The Labute approximate surface area is 178 Å². The van der Waals surface area contributed by atoms with Gasteiger partial charge in [0.05, 0.1) is 11.4 Å². The van der Waals surface area contributed by atoms with Crippen molar-refractivity contribution in [3.63, 3.8) is 0 Å². The largest absolute Gasteiger partial charge is 0.353 e. The van der Waals surface area contributed by atoms with Crippen LogP contribution in [0.4, 0.5) is 11.4 Å². The van der Waals surface area contributed by atoms with Crippen molar-refractivity contribution in [1.29, 1.82) is 0 Å². The summed E-state index contributed by atoms with van der Waals surface area (Å²) in [6, 6.07) is 37.9. The van der Waals surface area contributed by atoms with Crippen LogP contribution >= 0.6 is 0 Å². The lowest BCUT2D eigenvalue weighted by molar-refractivity contribution is 1.42. The Bertz CT molecular complexity index is 1020. The van der Waals surface area contributed by atoms with Crippen molar-refractivity contribution in [1.82, 2.24) is 0 Å². The minimum absolute atomic E-state index is 1.04. The summed E-state index contributed by atoms with van der Waals surface area (Å²) >= 11 is 0. The molecule has 30 heavy (non-hydrogen) atoms. The van der Waals surface area contributed by atoms with E-state index in [2.05, 4.69) is 97.3 Å². The van der Waals surface area contributed by atoms with Crippen LogP contribution in [0.25, 0.3) is 11.4 Å². The Hall–Kier alpha value is -3.78. The lowest BCUT2D eigenvalue weighted by Gasteiger charge is -2.20. The summed E-state index contributed by atoms with van der Waals surface area (Å²) in [5, 5.41) is 7.33. The van der Waals surface area contributed by atoms with Crippen LogP contribution in [0, 0.1) is 13.8 Å². The van der Waals surface area contributed by atoms with Crippen molar-refractivity contribution < 1.29 is 0 Å². The Morgan fingerprint density at radius 2 is 0.767 bits per heavy atom. The van der Waals surface area contributed by atoms with Gasteiger partial charge in [-0.1, -0.05) is 96.1 Å². The highest BCUT2D eigenvalue weighted by Crippen LogP contribution is 2.30. The number of rotatable bonds is 6. The third-order valence-corrected chi connectivity index (χ3v) is 5.02. The van der Waals surface area contributed by atoms with Crippen molar-refractivity contribution in [3.05, 3.63) is 131 Å². The van der Waals surface area contributed by atoms with Gasteiger partial charge in [0.25, 0.3) is 0 Å². The minimum atomic E-state index is 1.04. The van der Waals surface area contributed by atoms with E-state index in [-0.39, 0.29) is 0 Å². The molecule has 0 aliphatic rings. The van der Waals surface area contributed by atoms with E-state index in [1.54, 1.807) is 0 Å². The van der Waals surface area contributed by atoms with Crippen molar-refractivity contribution in [2.45, 2.75) is 13.8 Å². The molecule has 4 aromatic carbocycles. The van der Waals surface area contributed by atoms with E-state index in [1.807, 2.05) is 36.4 Å². The molecule has 0 saturated heterocycles. The molecule has 0 saturated carbocycles. The van der Waals surface area contributed by atoms with Crippen LogP contribution in [0.1, 0.15) is 22.3 Å². The third-order valence-electron chi connectivity index (χ3n) is 5.02. The molecule has 0 unspecified atom stereocenters. The minimum Gasteiger partial charge on any atom is -0.353 e. The van der Waals surface area contributed by atoms with Gasteiger partial charge in [-0.15, -0.1) is 0 Å². The van der Waals surface area contributed by atoms with Gasteiger partial charge >= 0.3 is 0 Å². The molecule has 4 rings (SSSR count). The topological polar surface area (TPSA) is 24.1 Å². The number of anilines is 2. The highest BCUT2D eigenvalue weighted by Gasteiger charge is 2.13. The molecule has 0 aliphatic carbocycles. The first-order valence-electron chi connectivity index (χ1n) is 10.2. The van der Waals surface area contributed by atoms with Crippen LogP contribution in [0.2, 0.25) is 0 Å². The summed E-state index contributed by atoms with van der Waals surface area (Å²) in [6.07, 6.45) is 0. The number of aryl methyl sites for hydroxylation is 2. The first-order chi connectivity index (χ1) is 14.7. The van der Waals surface area contributed by atoms with E-state index in [4.69, 9.17) is 0 Å². The first-order valence-corrected chi connectivity index (χ1v) is 10.2. The zero-order valence-electron chi connectivity index (χ0n) is 17.4. The van der Waals surface area contributed by atoms with Gasteiger partial charge in [0.1, 0.15) is 0 Å². The van der Waals surface area contributed by atoms with Crippen LogP contribution in [-0.2, 0) is 0 Å². The van der Waals surface area contributed by atoms with Crippen molar-refractivity contribution in [3.8, 4) is 0 Å². The maximum atomic E-state index is 3.67. The number of benzene rings is 4. The lowest BCUT2D eigenvalue weighted by atomic mass is 10.0. The fourth-order valence-electron chi connectivity index (χ4n) is 3.33. The molecular weight excluding hydrogens is 364 g/mol. The molecule has 4 aromatic rings. The Kier molecular flexibility index (Phi) is 5.95. The summed E-state index contributed by atoms with van der Waals surface area (Å²) in [4.78, 5) is 0. The smallest absolute Gasteiger partial charge is 0.0703 e. The molecular formula is C28H26N2. The molecule has 2 heteroatoms. The summed E-state index contributed by atoms with van der Waals surface area (Å²) in [5.74, 6) is 0. The predicted molar refractivity (Wildman–Crippen MR) is 129 cm³/mol. The van der Waals surface area contributed by atoms with Crippen molar-refractivity contribution in [2.24, 2.45) is 0 Å². The molecule has 2 nitrogen and oxygen atoms in total. The van der Waals surface area contributed by atoms with Gasteiger partial charge < -0.3 is 10.6 Å². The SMILES string of the molecule is Cc1ccc(/C(Nc2ccccc2)=C(/Nc2ccccc2)c2ccc(C)cc2)cc1. The standard InChI is InChI=1S/C28H26N2/c1-21-13-17-23(18-14-21)27(29-25-9-5-3-6-10-25)28(24-19-15-22(2)16-20-24)30-26-11-7-4-8-12-26/h3-20,29-30H,1-2H3/b28-27-. The number of hydrogen-bond donors (Lipinski definition) is 2. The Morgan fingerprint density at radius 1 is 0.433 bits per heavy atom. The molecule has 0 spiro atoms. The molecule has 0 amide bonds. The quantitative estimate of drug-likeness (QED) is 0.336. The average Bonchev–Trinajstić information content (AvgIpc) is 2.79. The normalized spacial score (nSPS) is 11.5. The third kappa shape index (κ3) is 4.79. The number of para-hydroxylation sites is 2. The summed E-state index contributed by atoms with van der Waals surface area (Å²) in [6.45, 7) is 4.22. The monoisotopic (exact) mass is 390 g/mol.